The summed E-state index contributed by atoms with van der Waals surface area (Å²) in [5.74, 6) is 1.87. The summed E-state index contributed by atoms with van der Waals surface area (Å²) in [6.45, 7) is 0. The maximum absolute atomic E-state index is 10.8. The van der Waals surface area contributed by atoms with Crippen molar-refractivity contribution in [2.24, 2.45) is 7.05 Å². The molecule has 0 spiro atoms. The summed E-state index contributed by atoms with van der Waals surface area (Å²) in [6.07, 6.45) is 1.58. The highest BCUT2D eigenvalue weighted by Crippen LogP contribution is 2.26. The first-order valence-electron chi connectivity index (χ1n) is 6.44. The van der Waals surface area contributed by atoms with Crippen LogP contribution >= 0.6 is 11.8 Å². The Balaban J connectivity index is 1.75. The zero-order chi connectivity index (χ0) is 15.5. The predicted octanol–water partition coefficient (Wildman–Crippen LogP) is 3.28. The van der Waals surface area contributed by atoms with E-state index >= 15 is 0 Å². The first kappa shape index (κ1) is 14.3. The number of aromatic nitrogens is 3. The van der Waals surface area contributed by atoms with Gasteiger partial charge in [-0.1, -0.05) is 23.9 Å². The summed E-state index contributed by atoms with van der Waals surface area (Å²) in [4.78, 5) is 10.4. The summed E-state index contributed by atoms with van der Waals surface area (Å²) in [7, 11) is 1.85. The molecule has 0 atom stereocenters. The molecule has 112 valence electrons. The van der Waals surface area contributed by atoms with E-state index in [2.05, 4.69) is 10.2 Å². The van der Waals surface area contributed by atoms with E-state index in [0.29, 0.717) is 17.3 Å². The third kappa shape index (κ3) is 2.86. The molecule has 2 aromatic heterocycles. The van der Waals surface area contributed by atoms with Crippen LogP contribution in [0.4, 0.5) is 5.69 Å². The Morgan fingerprint density at radius 3 is 2.91 bits per heavy atom. The quantitative estimate of drug-likeness (QED) is 0.408. The summed E-state index contributed by atoms with van der Waals surface area (Å²) in [5.41, 5.74) is 0.953. The Bertz CT molecular complexity index is 798. The predicted molar refractivity (Wildman–Crippen MR) is 81.4 cm³/mol. The Kier molecular flexibility index (Phi) is 3.92. The lowest BCUT2D eigenvalue weighted by atomic mass is 10.2. The molecule has 0 aliphatic carbocycles. The van der Waals surface area contributed by atoms with E-state index in [0.717, 1.165) is 10.7 Å². The number of nitro benzene ring substituents is 1. The van der Waals surface area contributed by atoms with Gasteiger partial charge in [0.1, 0.15) is 0 Å². The molecule has 0 unspecified atom stereocenters. The summed E-state index contributed by atoms with van der Waals surface area (Å²) < 4.78 is 7.15. The molecule has 3 rings (SSSR count). The molecule has 1 aromatic carbocycles. The van der Waals surface area contributed by atoms with E-state index in [1.54, 1.807) is 24.5 Å². The third-order valence-electron chi connectivity index (χ3n) is 3.07. The summed E-state index contributed by atoms with van der Waals surface area (Å²) in [6, 6.07) is 10.2. The minimum atomic E-state index is -0.397. The minimum absolute atomic E-state index is 0.0901. The van der Waals surface area contributed by atoms with E-state index in [9.17, 15) is 10.1 Å². The number of non-ortho nitro benzene ring substituents is 1. The molecule has 8 heteroatoms. The summed E-state index contributed by atoms with van der Waals surface area (Å²) >= 11 is 1.46. The number of thioether (sulfide) groups is 1. The first-order chi connectivity index (χ1) is 10.6. The summed E-state index contributed by atoms with van der Waals surface area (Å²) in [5, 5.41) is 19.7. The molecule has 0 N–H and O–H groups in total. The van der Waals surface area contributed by atoms with Crippen LogP contribution in [0.2, 0.25) is 0 Å². The first-order valence-corrected chi connectivity index (χ1v) is 7.43. The normalized spacial score (nSPS) is 10.8. The molecule has 0 bridgehead atoms. The third-order valence-corrected chi connectivity index (χ3v) is 4.16. The maximum atomic E-state index is 10.8. The molecule has 0 aliphatic rings. The Hall–Kier alpha value is -2.61. The van der Waals surface area contributed by atoms with Gasteiger partial charge < -0.3 is 8.98 Å². The van der Waals surface area contributed by atoms with Crippen molar-refractivity contribution in [2.75, 3.05) is 0 Å². The van der Waals surface area contributed by atoms with Gasteiger partial charge in [-0.2, -0.15) is 0 Å². The maximum Gasteiger partial charge on any atom is 0.269 e. The van der Waals surface area contributed by atoms with Crippen LogP contribution in [-0.2, 0) is 12.8 Å². The monoisotopic (exact) mass is 316 g/mol. The van der Waals surface area contributed by atoms with Crippen molar-refractivity contribution in [3.8, 4) is 11.6 Å². The zero-order valence-corrected chi connectivity index (χ0v) is 12.5. The molecular weight excluding hydrogens is 304 g/mol. The van der Waals surface area contributed by atoms with Gasteiger partial charge in [0.2, 0.25) is 0 Å². The van der Waals surface area contributed by atoms with Crippen molar-refractivity contribution in [3.05, 3.63) is 58.3 Å². The average molecular weight is 316 g/mol. The van der Waals surface area contributed by atoms with E-state index in [1.165, 1.54) is 17.8 Å². The number of benzene rings is 1. The molecule has 0 saturated heterocycles. The van der Waals surface area contributed by atoms with E-state index in [4.69, 9.17) is 4.42 Å². The fraction of sp³-hybridized carbons (Fsp3) is 0.143. The molecule has 7 nitrogen and oxygen atoms in total. The van der Waals surface area contributed by atoms with Crippen LogP contribution in [0.25, 0.3) is 11.6 Å². The van der Waals surface area contributed by atoms with Crippen molar-refractivity contribution in [1.82, 2.24) is 14.8 Å². The van der Waals surface area contributed by atoms with Crippen molar-refractivity contribution < 1.29 is 9.34 Å². The Labute approximate surface area is 130 Å². The SMILES string of the molecule is Cn1c(SCc2cccc([N+](=O)[O-])c2)nnc1-c1ccco1. The lowest BCUT2D eigenvalue weighted by Gasteiger charge is -2.02. The number of furan rings is 1. The Morgan fingerprint density at radius 1 is 1.32 bits per heavy atom. The highest BCUT2D eigenvalue weighted by Gasteiger charge is 2.13. The topological polar surface area (TPSA) is 87.0 Å². The van der Waals surface area contributed by atoms with Crippen LogP contribution in [0.5, 0.6) is 0 Å². The molecule has 2 heterocycles. The minimum Gasteiger partial charge on any atom is -0.461 e. The number of nitro groups is 1. The molecule has 0 saturated carbocycles. The highest BCUT2D eigenvalue weighted by atomic mass is 32.2. The molecule has 3 aromatic rings. The second kappa shape index (κ2) is 6.02. The van der Waals surface area contributed by atoms with Gasteiger partial charge in [-0.05, 0) is 17.7 Å². The van der Waals surface area contributed by atoms with Crippen LogP contribution in [0, 0.1) is 10.1 Å². The van der Waals surface area contributed by atoms with E-state index in [-0.39, 0.29) is 5.69 Å². The second-order valence-corrected chi connectivity index (χ2v) is 5.50. The van der Waals surface area contributed by atoms with Crippen molar-refractivity contribution >= 4 is 17.4 Å². The van der Waals surface area contributed by atoms with Crippen LogP contribution in [0.15, 0.2) is 52.2 Å². The van der Waals surface area contributed by atoms with Crippen molar-refractivity contribution in [1.29, 1.82) is 0 Å². The fourth-order valence-corrected chi connectivity index (χ4v) is 2.82. The second-order valence-electron chi connectivity index (χ2n) is 4.56. The van der Waals surface area contributed by atoms with Crippen LogP contribution in [0.3, 0.4) is 0 Å². The number of hydrogen-bond acceptors (Lipinski definition) is 6. The largest absolute Gasteiger partial charge is 0.461 e. The lowest BCUT2D eigenvalue weighted by Crippen LogP contribution is -1.94. The highest BCUT2D eigenvalue weighted by molar-refractivity contribution is 7.98. The lowest BCUT2D eigenvalue weighted by molar-refractivity contribution is -0.384. The molecule has 0 fully saturated rings. The van der Waals surface area contributed by atoms with Gasteiger partial charge in [-0.15, -0.1) is 10.2 Å². The average Bonchev–Trinajstić information content (AvgIpc) is 3.15. The standard InChI is InChI=1S/C14H12N4O3S/c1-17-13(12-6-3-7-21-12)15-16-14(17)22-9-10-4-2-5-11(8-10)18(19)20/h2-8H,9H2,1H3. The molecular formula is C14H12N4O3S. The van der Waals surface area contributed by atoms with Crippen LogP contribution < -0.4 is 0 Å². The van der Waals surface area contributed by atoms with E-state index in [1.807, 2.05) is 23.7 Å². The number of rotatable bonds is 5. The number of nitrogens with zero attached hydrogens (tertiary/aromatic N) is 4. The molecule has 22 heavy (non-hydrogen) atoms. The Morgan fingerprint density at radius 2 is 2.18 bits per heavy atom. The van der Waals surface area contributed by atoms with Crippen LogP contribution in [-0.4, -0.2) is 19.7 Å². The van der Waals surface area contributed by atoms with Crippen molar-refractivity contribution in [3.63, 3.8) is 0 Å². The van der Waals surface area contributed by atoms with Gasteiger partial charge in [0, 0.05) is 24.9 Å². The smallest absolute Gasteiger partial charge is 0.269 e. The zero-order valence-electron chi connectivity index (χ0n) is 11.7. The van der Waals surface area contributed by atoms with Gasteiger partial charge in [-0.3, -0.25) is 10.1 Å². The van der Waals surface area contributed by atoms with Gasteiger partial charge >= 0.3 is 0 Å². The van der Waals surface area contributed by atoms with Gasteiger partial charge in [0.05, 0.1) is 11.2 Å². The van der Waals surface area contributed by atoms with E-state index < -0.39 is 4.92 Å². The van der Waals surface area contributed by atoms with Gasteiger partial charge in [0.25, 0.3) is 5.69 Å². The van der Waals surface area contributed by atoms with Gasteiger partial charge in [0.15, 0.2) is 16.7 Å². The fourth-order valence-electron chi connectivity index (χ4n) is 1.97. The molecule has 0 amide bonds. The van der Waals surface area contributed by atoms with Gasteiger partial charge in [-0.25, -0.2) is 0 Å². The molecule has 0 aliphatic heterocycles. The molecule has 0 radical (unpaired) electrons. The van der Waals surface area contributed by atoms with Crippen LogP contribution in [0.1, 0.15) is 5.56 Å². The number of hydrogen-bond donors (Lipinski definition) is 0. The van der Waals surface area contributed by atoms with Crippen molar-refractivity contribution in [2.45, 2.75) is 10.9 Å².